The molecule has 3 aromatic rings. The third-order valence-electron chi connectivity index (χ3n) is 4.42. The first-order valence-electron chi connectivity index (χ1n) is 9.08. The number of fused-ring (bicyclic) bond motifs is 1. The highest BCUT2D eigenvalue weighted by molar-refractivity contribution is 7.16. The molecule has 0 spiro atoms. The monoisotopic (exact) mass is 405 g/mol. The summed E-state index contributed by atoms with van der Waals surface area (Å²) >= 11 is 1.40. The smallest absolute Gasteiger partial charge is 0.262 e. The van der Waals surface area contributed by atoms with E-state index in [0.29, 0.717) is 16.6 Å². The van der Waals surface area contributed by atoms with Crippen molar-refractivity contribution < 1.29 is 14.3 Å². The molecule has 0 saturated heterocycles. The number of anilines is 2. The predicted octanol–water partition coefficient (Wildman–Crippen LogP) is 4.41. The highest BCUT2D eigenvalue weighted by atomic mass is 32.1. The topological polar surface area (TPSA) is 80.3 Å². The van der Waals surface area contributed by atoms with E-state index in [-0.39, 0.29) is 18.4 Å². The Labute approximate surface area is 172 Å². The van der Waals surface area contributed by atoms with E-state index in [1.807, 2.05) is 56.3 Å². The van der Waals surface area contributed by atoms with Crippen molar-refractivity contribution in [2.24, 2.45) is 0 Å². The number of hydrogen-bond acceptors (Lipinski definition) is 5. The van der Waals surface area contributed by atoms with Gasteiger partial charge in [0.2, 0.25) is 5.91 Å². The second-order valence-electron chi connectivity index (χ2n) is 6.70. The number of nitrogens with zero attached hydrogens (tertiary/aromatic N) is 1. The molecule has 0 radical (unpaired) electrons. The number of rotatable bonds is 4. The fourth-order valence-electron chi connectivity index (χ4n) is 2.94. The maximum absolute atomic E-state index is 12.2. The van der Waals surface area contributed by atoms with Gasteiger partial charge in [0, 0.05) is 16.5 Å². The third-order valence-corrected chi connectivity index (χ3v) is 5.30. The number of aromatic nitrogens is 1. The lowest BCUT2D eigenvalue weighted by atomic mass is 10.1. The van der Waals surface area contributed by atoms with Crippen LogP contribution in [0.25, 0.3) is 17.3 Å². The van der Waals surface area contributed by atoms with Gasteiger partial charge in [-0.25, -0.2) is 4.98 Å². The standard InChI is InChI=1S/C22H19N3O3S/c1-13-3-5-15(6-4-13)7-10-19(26)24-22-25-21(14(2)29-22)16-8-9-18-17(11-16)23-20(27)12-28-18/h3-11H,12H2,1-2H3,(H,23,27)(H,24,25,26)/b10-7+. The summed E-state index contributed by atoms with van der Waals surface area (Å²) < 4.78 is 5.39. The van der Waals surface area contributed by atoms with E-state index in [4.69, 9.17) is 4.74 Å². The summed E-state index contributed by atoms with van der Waals surface area (Å²) in [5, 5.41) is 6.13. The van der Waals surface area contributed by atoms with Gasteiger partial charge in [-0.2, -0.15) is 0 Å². The Morgan fingerprint density at radius 3 is 2.79 bits per heavy atom. The van der Waals surface area contributed by atoms with Crippen LogP contribution in [-0.4, -0.2) is 23.4 Å². The maximum Gasteiger partial charge on any atom is 0.262 e. The van der Waals surface area contributed by atoms with E-state index in [9.17, 15) is 9.59 Å². The van der Waals surface area contributed by atoms with Gasteiger partial charge < -0.3 is 10.1 Å². The number of ether oxygens (including phenoxy) is 1. The zero-order valence-electron chi connectivity index (χ0n) is 16.0. The summed E-state index contributed by atoms with van der Waals surface area (Å²) in [6.07, 6.45) is 3.26. The van der Waals surface area contributed by atoms with E-state index in [2.05, 4.69) is 15.6 Å². The molecule has 146 valence electrons. The van der Waals surface area contributed by atoms with Crippen molar-refractivity contribution >= 4 is 40.0 Å². The summed E-state index contributed by atoms with van der Waals surface area (Å²) in [7, 11) is 0. The number of aryl methyl sites for hydroxylation is 2. The number of nitrogens with one attached hydrogen (secondary N) is 2. The highest BCUT2D eigenvalue weighted by Crippen LogP contribution is 2.36. The zero-order valence-corrected chi connectivity index (χ0v) is 16.8. The fraction of sp³-hybridized carbons (Fsp3) is 0.136. The van der Waals surface area contributed by atoms with Crippen LogP contribution in [0.2, 0.25) is 0 Å². The van der Waals surface area contributed by atoms with Gasteiger partial charge in [-0.3, -0.25) is 14.9 Å². The van der Waals surface area contributed by atoms with Crippen molar-refractivity contribution in [2.75, 3.05) is 17.2 Å². The first-order chi connectivity index (χ1) is 14.0. The van der Waals surface area contributed by atoms with Crippen molar-refractivity contribution in [3.8, 4) is 17.0 Å². The van der Waals surface area contributed by atoms with Crippen LogP contribution in [0.3, 0.4) is 0 Å². The minimum absolute atomic E-state index is 0.0222. The number of amides is 2. The Morgan fingerprint density at radius 1 is 1.21 bits per heavy atom. The number of carbonyl (C=O) groups is 2. The largest absolute Gasteiger partial charge is 0.482 e. The Balaban J connectivity index is 1.49. The number of benzene rings is 2. The van der Waals surface area contributed by atoms with E-state index >= 15 is 0 Å². The average molecular weight is 405 g/mol. The lowest BCUT2D eigenvalue weighted by Gasteiger charge is -2.18. The van der Waals surface area contributed by atoms with Crippen LogP contribution < -0.4 is 15.4 Å². The quantitative estimate of drug-likeness (QED) is 0.630. The summed E-state index contributed by atoms with van der Waals surface area (Å²) in [6, 6.07) is 13.5. The molecule has 2 heterocycles. The van der Waals surface area contributed by atoms with Crippen molar-refractivity contribution in [2.45, 2.75) is 13.8 Å². The first-order valence-corrected chi connectivity index (χ1v) is 9.90. The molecule has 1 aliphatic heterocycles. The predicted molar refractivity (Wildman–Crippen MR) is 115 cm³/mol. The Morgan fingerprint density at radius 2 is 2.00 bits per heavy atom. The molecule has 29 heavy (non-hydrogen) atoms. The molecule has 0 atom stereocenters. The molecule has 0 aliphatic carbocycles. The Hall–Kier alpha value is -3.45. The Bertz CT molecular complexity index is 1120. The lowest BCUT2D eigenvalue weighted by Crippen LogP contribution is -2.25. The normalized spacial score (nSPS) is 13.0. The van der Waals surface area contributed by atoms with Crippen LogP contribution in [0.15, 0.2) is 48.5 Å². The van der Waals surface area contributed by atoms with Crippen LogP contribution in [0.4, 0.5) is 10.8 Å². The number of hydrogen-bond donors (Lipinski definition) is 2. The molecule has 7 heteroatoms. The molecule has 6 nitrogen and oxygen atoms in total. The molecule has 0 bridgehead atoms. The minimum Gasteiger partial charge on any atom is -0.482 e. The van der Waals surface area contributed by atoms with Crippen molar-refractivity contribution in [3.05, 3.63) is 64.5 Å². The third kappa shape index (κ3) is 4.35. The van der Waals surface area contributed by atoms with E-state index in [0.717, 1.165) is 21.7 Å². The SMILES string of the molecule is Cc1ccc(/C=C/C(=O)Nc2nc(-c3ccc4c(c3)NC(=O)CO4)c(C)s2)cc1. The van der Waals surface area contributed by atoms with E-state index in [1.54, 1.807) is 6.08 Å². The van der Waals surface area contributed by atoms with E-state index in [1.165, 1.54) is 23.0 Å². The molecule has 1 aliphatic rings. The molecular formula is C22H19N3O3S. The van der Waals surface area contributed by atoms with Crippen LogP contribution in [-0.2, 0) is 9.59 Å². The average Bonchev–Trinajstić information content (AvgIpc) is 3.07. The van der Waals surface area contributed by atoms with Crippen LogP contribution in [0.5, 0.6) is 5.75 Å². The molecular weight excluding hydrogens is 386 g/mol. The fourth-order valence-corrected chi connectivity index (χ4v) is 3.78. The van der Waals surface area contributed by atoms with E-state index < -0.39 is 0 Å². The molecule has 4 rings (SSSR count). The van der Waals surface area contributed by atoms with Gasteiger partial charge in [-0.1, -0.05) is 29.8 Å². The zero-order chi connectivity index (χ0) is 20.4. The van der Waals surface area contributed by atoms with Gasteiger partial charge in [0.05, 0.1) is 11.4 Å². The molecule has 0 fully saturated rings. The molecule has 2 amide bonds. The summed E-state index contributed by atoms with van der Waals surface area (Å²) in [5.41, 5.74) is 4.36. The number of carbonyl (C=O) groups excluding carboxylic acids is 2. The highest BCUT2D eigenvalue weighted by Gasteiger charge is 2.18. The van der Waals surface area contributed by atoms with Gasteiger partial charge in [0.1, 0.15) is 5.75 Å². The second kappa shape index (κ2) is 7.89. The van der Waals surface area contributed by atoms with Crippen LogP contribution in [0.1, 0.15) is 16.0 Å². The van der Waals surface area contributed by atoms with Crippen LogP contribution in [0, 0.1) is 13.8 Å². The molecule has 2 N–H and O–H groups in total. The summed E-state index contributed by atoms with van der Waals surface area (Å²) in [6.45, 7) is 3.99. The number of thiazole rings is 1. The lowest BCUT2D eigenvalue weighted by molar-refractivity contribution is -0.118. The Kier molecular flexibility index (Phi) is 5.14. The van der Waals surface area contributed by atoms with Crippen LogP contribution >= 0.6 is 11.3 Å². The van der Waals surface area contributed by atoms with Gasteiger partial charge in [0.25, 0.3) is 5.91 Å². The maximum atomic E-state index is 12.2. The first kappa shape index (κ1) is 18.9. The second-order valence-corrected chi connectivity index (χ2v) is 7.91. The molecule has 2 aromatic carbocycles. The van der Waals surface area contributed by atoms with Gasteiger partial charge >= 0.3 is 0 Å². The summed E-state index contributed by atoms with van der Waals surface area (Å²) in [4.78, 5) is 29.3. The summed E-state index contributed by atoms with van der Waals surface area (Å²) in [5.74, 6) is 0.214. The molecule has 0 unspecified atom stereocenters. The van der Waals surface area contributed by atoms with Crippen molar-refractivity contribution in [3.63, 3.8) is 0 Å². The van der Waals surface area contributed by atoms with Gasteiger partial charge in [-0.05, 0) is 43.7 Å². The van der Waals surface area contributed by atoms with Crippen molar-refractivity contribution in [1.29, 1.82) is 0 Å². The van der Waals surface area contributed by atoms with Gasteiger partial charge in [0.15, 0.2) is 11.7 Å². The molecule has 0 saturated carbocycles. The molecule has 1 aromatic heterocycles. The van der Waals surface area contributed by atoms with Crippen molar-refractivity contribution in [1.82, 2.24) is 4.98 Å². The van der Waals surface area contributed by atoms with Gasteiger partial charge in [-0.15, -0.1) is 11.3 Å². The minimum atomic E-state index is -0.239.